The van der Waals surface area contributed by atoms with Crippen LogP contribution in [-0.4, -0.2) is 31.7 Å². The van der Waals surface area contributed by atoms with Crippen LogP contribution >= 0.6 is 0 Å². The van der Waals surface area contributed by atoms with Crippen molar-refractivity contribution in [2.75, 3.05) is 11.4 Å². The number of hydrogen-bond acceptors (Lipinski definition) is 6. The third-order valence-electron chi connectivity index (χ3n) is 3.47. The van der Waals surface area contributed by atoms with E-state index < -0.39 is 0 Å². The first-order chi connectivity index (χ1) is 9.78. The van der Waals surface area contributed by atoms with Crippen LogP contribution in [0.15, 0.2) is 12.4 Å². The monoisotopic (exact) mass is 269 g/mol. The zero-order valence-corrected chi connectivity index (χ0v) is 11.2. The summed E-state index contributed by atoms with van der Waals surface area (Å²) in [7, 11) is 0. The predicted molar refractivity (Wildman–Crippen MR) is 71.8 cm³/mol. The number of H-pyrrole nitrogens is 1. The fourth-order valence-corrected chi connectivity index (χ4v) is 2.57. The van der Waals surface area contributed by atoms with E-state index in [4.69, 9.17) is 5.26 Å². The molecule has 0 bridgehead atoms. The van der Waals surface area contributed by atoms with E-state index >= 15 is 0 Å². The van der Waals surface area contributed by atoms with Crippen molar-refractivity contribution in [3.8, 4) is 6.07 Å². The minimum absolute atomic E-state index is 0.0968. The Morgan fingerprint density at radius 3 is 3.05 bits per heavy atom. The SMILES string of the molecule is Cc1cc(C#N)nc(N2CCCC[C@H]2c2ncn[nH]2)n1. The Labute approximate surface area is 116 Å². The van der Waals surface area contributed by atoms with E-state index in [1.807, 2.05) is 6.92 Å². The highest BCUT2D eigenvalue weighted by molar-refractivity contribution is 5.38. The lowest BCUT2D eigenvalue weighted by Gasteiger charge is -2.34. The maximum atomic E-state index is 9.05. The van der Waals surface area contributed by atoms with Crippen LogP contribution in [-0.2, 0) is 0 Å². The molecule has 0 amide bonds. The summed E-state index contributed by atoms with van der Waals surface area (Å²) in [5.41, 5.74) is 1.20. The van der Waals surface area contributed by atoms with E-state index in [-0.39, 0.29) is 6.04 Å². The molecule has 3 rings (SSSR count). The summed E-state index contributed by atoms with van der Waals surface area (Å²) in [5.74, 6) is 1.43. The van der Waals surface area contributed by atoms with Crippen LogP contribution in [0.5, 0.6) is 0 Å². The Morgan fingerprint density at radius 2 is 2.30 bits per heavy atom. The summed E-state index contributed by atoms with van der Waals surface area (Å²) < 4.78 is 0. The predicted octanol–water partition coefficient (Wildman–Crippen LogP) is 1.51. The Morgan fingerprint density at radius 1 is 1.40 bits per heavy atom. The van der Waals surface area contributed by atoms with Crippen LogP contribution in [0.2, 0.25) is 0 Å². The number of hydrogen-bond donors (Lipinski definition) is 1. The zero-order valence-electron chi connectivity index (χ0n) is 11.2. The maximum absolute atomic E-state index is 9.05. The van der Waals surface area contributed by atoms with Crippen LogP contribution < -0.4 is 4.90 Å². The van der Waals surface area contributed by atoms with Gasteiger partial charge >= 0.3 is 0 Å². The Kier molecular flexibility index (Phi) is 3.29. The molecular formula is C13H15N7. The number of nitriles is 1. The molecule has 0 aromatic carbocycles. The van der Waals surface area contributed by atoms with Gasteiger partial charge in [-0.05, 0) is 32.3 Å². The van der Waals surface area contributed by atoms with E-state index in [2.05, 4.69) is 36.1 Å². The van der Waals surface area contributed by atoms with Gasteiger partial charge in [0, 0.05) is 12.2 Å². The van der Waals surface area contributed by atoms with Gasteiger partial charge in [-0.1, -0.05) is 0 Å². The van der Waals surface area contributed by atoms with Crippen molar-refractivity contribution in [1.29, 1.82) is 5.26 Å². The lowest BCUT2D eigenvalue weighted by molar-refractivity contribution is 0.449. The molecule has 7 nitrogen and oxygen atoms in total. The second-order valence-electron chi connectivity index (χ2n) is 4.88. The average molecular weight is 269 g/mol. The first-order valence-corrected chi connectivity index (χ1v) is 6.65. The first-order valence-electron chi connectivity index (χ1n) is 6.65. The van der Waals surface area contributed by atoms with Gasteiger partial charge in [0.1, 0.15) is 23.9 Å². The number of aryl methyl sites for hydroxylation is 1. The Hall–Kier alpha value is -2.49. The number of aromatic nitrogens is 5. The van der Waals surface area contributed by atoms with E-state index in [1.54, 1.807) is 6.07 Å². The number of anilines is 1. The third-order valence-corrected chi connectivity index (χ3v) is 3.47. The standard InChI is InChI=1S/C13H15N7/c1-9-6-10(7-14)18-13(17-9)20-5-3-2-4-11(20)12-15-8-16-19-12/h6,8,11H,2-5H2,1H3,(H,15,16,19)/t11-/m0/s1. The Balaban J connectivity index is 1.98. The fourth-order valence-electron chi connectivity index (χ4n) is 2.57. The second kappa shape index (κ2) is 5.25. The molecular weight excluding hydrogens is 254 g/mol. The average Bonchev–Trinajstić information content (AvgIpc) is 3.00. The number of aromatic amines is 1. The molecule has 1 saturated heterocycles. The van der Waals surface area contributed by atoms with E-state index in [9.17, 15) is 0 Å². The molecule has 102 valence electrons. The van der Waals surface area contributed by atoms with E-state index in [0.717, 1.165) is 37.3 Å². The highest BCUT2D eigenvalue weighted by Gasteiger charge is 2.28. The molecule has 1 atom stereocenters. The van der Waals surface area contributed by atoms with Crippen LogP contribution in [0.4, 0.5) is 5.95 Å². The quantitative estimate of drug-likeness (QED) is 0.888. The zero-order chi connectivity index (χ0) is 13.9. The molecule has 0 radical (unpaired) electrons. The van der Waals surface area contributed by atoms with Crippen molar-refractivity contribution < 1.29 is 0 Å². The van der Waals surface area contributed by atoms with Crippen LogP contribution in [0.25, 0.3) is 0 Å². The summed E-state index contributed by atoms with van der Waals surface area (Å²) in [5, 5.41) is 15.9. The van der Waals surface area contributed by atoms with Crippen molar-refractivity contribution in [1.82, 2.24) is 25.1 Å². The minimum atomic E-state index is 0.0968. The highest BCUT2D eigenvalue weighted by atomic mass is 15.3. The van der Waals surface area contributed by atoms with Gasteiger partial charge in [-0.3, -0.25) is 5.10 Å². The summed E-state index contributed by atoms with van der Waals surface area (Å²) in [4.78, 5) is 15.2. The fraction of sp³-hybridized carbons (Fsp3) is 0.462. The van der Waals surface area contributed by atoms with Crippen LogP contribution in [0, 0.1) is 18.3 Å². The van der Waals surface area contributed by atoms with Crippen LogP contribution in [0.3, 0.4) is 0 Å². The van der Waals surface area contributed by atoms with Gasteiger partial charge in [-0.25, -0.2) is 15.0 Å². The molecule has 1 fully saturated rings. The molecule has 0 unspecified atom stereocenters. The third kappa shape index (κ3) is 2.32. The van der Waals surface area contributed by atoms with Crippen molar-refractivity contribution in [2.45, 2.75) is 32.2 Å². The summed E-state index contributed by atoms with van der Waals surface area (Å²) in [6.07, 6.45) is 4.72. The normalized spacial score (nSPS) is 18.8. The van der Waals surface area contributed by atoms with Crippen molar-refractivity contribution in [3.63, 3.8) is 0 Å². The molecule has 2 aromatic rings. The molecule has 1 N–H and O–H groups in total. The topological polar surface area (TPSA) is 94.4 Å². The lowest BCUT2D eigenvalue weighted by Crippen LogP contribution is -2.35. The van der Waals surface area contributed by atoms with Crippen molar-refractivity contribution in [2.24, 2.45) is 0 Å². The number of rotatable bonds is 2. The minimum Gasteiger partial charge on any atom is -0.331 e. The van der Waals surface area contributed by atoms with Gasteiger partial charge in [0.2, 0.25) is 5.95 Å². The first kappa shape index (κ1) is 12.5. The van der Waals surface area contributed by atoms with Gasteiger partial charge in [0.05, 0.1) is 6.04 Å². The number of nitrogens with one attached hydrogen (secondary N) is 1. The Bertz CT molecular complexity index is 629. The maximum Gasteiger partial charge on any atom is 0.227 e. The molecule has 3 heterocycles. The largest absolute Gasteiger partial charge is 0.331 e. The van der Waals surface area contributed by atoms with Gasteiger partial charge < -0.3 is 4.90 Å². The highest BCUT2D eigenvalue weighted by Crippen LogP contribution is 2.31. The van der Waals surface area contributed by atoms with Gasteiger partial charge in [0.25, 0.3) is 0 Å². The van der Waals surface area contributed by atoms with Gasteiger partial charge in [0.15, 0.2) is 0 Å². The smallest absolute Gasteiger partial charge is 0.227 e. The lowest BCUT2D eigenvalue weighted by atomic mass is 10.0. The number of nitrogens with zero attached hydrogens (tertiary/aromatic N) is 6. The molecule has 2 aromatic heterocycles. The molecule has 1 aliphatic rings. The summed E-state index contributed by atoms with van der Waals surface area (Å²) >= 11 is 0. The van der Waals surface area contributed by atoms with Gasteiger partial charge in [-0.2, -0.15) is 10.4 Å². The molecule has 0 saturated carbocycles. The van der Waals surface area contributed by atoms with Crippen LogP contribution in [0.1, 0.15) is 42.5 Å². The summed E-state index contributed by atoms with van der Waals surface area (Å²) in [6, 6.07) is 3.87. The summed E-state index contributed by atoms with van der Waals surface area (Å²) in [6.45, 7) is 2.74. The van der Waals surface area contributed by atoms with Gasteiger partial charge in [-0.15, -0.1) is 0 Å². The van der Waals surface area contributed by atoms with Crippen molar-refractivity contribution in [3.05, 3.63) is 29.6 Å². The van der Waals surface area contributed by atoms with Crippen molar-refractivity contribution >= 4 is 5.95 Å². The van der Waals surface area contributed by atoms with E-state index in [1.165, 1.54) is 6.33 Å². The number of piperidine rings is 1. The van der Waals surface area contributed by atoms with E-state index in [0.29, 0.717) is 11.6 Å². The molecule has 1 aliphatic heterocycles. The molecule has 0 spiro atoms. The molecule has 0 aliphatic carbocycles. The molecule has 7 heteroatoms. The second-order valence-corrected chi connectivity index (χ2v) is 4.88. The molecule has 20 heavy (non-hydrogen) atoms.